The molecule has 1 heterocycles. The number of amides is 3. The first-order chi connectivity index (χ1) is 15.1. The van der Waals surface area contributed by atoms with Crippen LogP contribution in [0.25, 0.3) is 0 Å². The summed E-state index contributed by atoms with van der Waals surface area (Å²) in [5.74, 6) is 0.00552. The molecule has 2 aromatic rings. The van der Waals surface area contributed by atoms with Gasteiger partial charge in [-0.05, 0) is 69.4 Å². The van der Waals surface area contributed by atoms with Crippen LogP contribution in [-0.2, 0) is 6.42 Å². The van der Waals surface area contributed by atoms with Crippen molar-refractivity contribution in [3.63, 3.8) is 0 Å². The van der Waals surface area contributed by atoms with Crippen molar-refractivity contribution >= 4 is 29.0 Å². The third-order valence-corrected chi connectivity index (χ3v) is 5.88. The number of carbonyl (C=O) groups is 2. The van der Waals surface area contributed by atoms with Gasteiger partial charge in [-0.3, -0.25) is 4.79 Å². The summed E-state index contributed by atoms with van der Waals surface area (Å²) in [6.07, 6.45) is 4.34. The predicted octanol–water partition coefficient (Wildman–Crippen LogP) is 5.37. The lowest BCUT2D eigenvalue weighted by atomic mass is 10.1. The number of piperidine rings is 1. The molecular formula is C25H34N4O2. The van der Waals surface area contributed by atoms with E-state index in [4.69, 9.17) is 0 Å². The first-order valence-corrected chi connectivity index (χ1v) is 11.4. The Hall–Kier alpha value is -3.02. The molecule has 2 aromatic carbocycles. The van der Waals surface area contributed by atoms with E-state index in [1.165, 1.54) is 6.42 Å². The predicted molar refractivity (Wildman–Crippen MR) is 128 cm³/mol. The van der Waals surface area contributed by atoms with E-state index in [-0.39, 0.29) is 11.9 Å². The molecule has 2 N–H and O–H groups in total. The van der Waals surface area contributed by atoms with Gasteiger partial charge in [-0.1, -0.05) is 25.1 Å². The Balaban J connectivity index is 1.84. The van der Waals surface area contributed by atoms with Crippen molar-refractivity contribution in [2.24, 2.45) is 0 Å². The number of hydrogen-bond donors (Lipinski definition) is 2. The molecule has 6 nitrogen and oxygen atoms in total. The zero-order valence-corrected chi connectivity index (χ0v) is 18.9. The molecule has 166 valence electrons. The van der Waals surface area contributed by atoms with E-state index in [1.807, 2.05) is 61.2 Å². The van der Waals surface area contributed by atoms with Gasteiger partial charge in [0.15, 0.2) is 0 Å². The van der Waals surface area contributed by atoms with Gasteiger partial charge in [-0.2, -0.15) is 0 Å². The van der Waals surface area contributed by atoms with Gasteiger partial charge in [0.25, 0.3) is 5.91 Å². The normalized spacial score (nSPS) is 13.6. The first kappa shape index (κ1) is 22.7. The van der Waals surface area contributed by atoms with E-state index in [0.29, 0.717) is 24.3 Å². The monoisotopic (exact) mass is 422 g/mol. The molecule has 3 rings (SSSR count). The van der Waals surface area contributed by atoms with Crippen molar-refractivity contribution in [2.45, 2.75) is 46.5 Å². The molecule has 1 fully saturated rings. The highest BCUT2D eigenvalue weighted by Crippen LogP contribution is 2.28. The van der Waals surface area contributed by atoms with Crippen molar-refractivity contribution in [1.82, 2.24) is 4.90 Å². The average molecular weight is 423 g/mol. The van der Waals surface area contributed by atoms with Crippen LogP contribution >= 0.6 is 0 Å². The molecule has 3 amide bonds. The van der Waals surface area contributed by atoms with E-state index < -0.39 is 0 Å². The summed E-state index contributed by atoms with van der Waals surface area (Å²) in [4.78, 5) is 30.0. The maximum Gasteiger partial charge on any atom is 0.323 e. The van der Waals surface area contributed by atoms with Gasteiger partial charge in [0.05, 0.1) is 5.56 Å². The van der Waals surface area contributed by atoms with Crippen molar-refractivity contribution < 1.29 is 9.59 Å². The second-order valence-electron chi connectivity index (χ2n) is 7.85. The van der Waals surface area contributed by atoms with Crippen molar-refractivity contribution in [3.8, 4) is 0 Å². The molecule has 1 aliphatic rings. The Morgan fingerprint density at radius 3 is 2.32 bits per heavy atom. The Bertz CT molecular complexity index is 902. The number of urea groups is 1. The van der Waals surface area contributed by atoms with Gasteiger partial charge >= 0.3 is 6.03 Å². The second kappa shape index (κ2) is 10.8. The number of aryl methyl sites for hydroxylation is 1. The molecule has 0 unspecified atom stereocenters. The summed E-state index contributed by atoms with van der Waals surface area (Å²) < 4.78 is 0. The number of benzene rings is 2. The third kappa shape index (κ3) is 5.57. The molecule has 0 saturated carbocycles. The Morgan fingerprint density at radius 2 is 1.65 bits per heavy atom. The van der Waals surface area contributed by atoms with Crippen LogP contribution in [0.15, 0.2) is 42.5 Å². The van der Waals surface area contributed by atoms with Gasteiger partial charge < -0.3 is 20.4 Å². The van der Waals surface area contributed by atoms with Crippen LogP contribution < -0.4 is 15.5 Å². The lowest BCUT2D eigenvalue weighted by Crippen LogP contribution is -2.35. The van der Waals surface area contributed by atoms with Crippen molar-refractivity contribution in [2.75, 3.05) is 41.7 Å². The zero-order valence-electron chi connectivity index (χ0n) is 18.9. The van der Waals surface area contributed by atoms with Gasteiger partial charge in [-0.25, -0.2) is 4.79 Å². The Labute approximate surface area is 185 Å². The minimum atomic E-state index is -0.312. The zero-order chi connectivity index (χ0) is 22.2. The summed E-state index contributed by atoms with van der Waals surface area (Å²) in [6.45, 7) is 9.26. The van der Waals surface area contributed by atoms with Crippen molar-refractivity contribution in [3.05, 3.63) is 53.6 Å². The first-order valence-electron chi connectivity index (χ1n) is 11.4. The van der Waals surface area contributed by atoms with Gasteiger partial charge in [0, 0.05) is 43.2 Å². The van der Waals surface area contributed by atoms with Crippen LogP contribution in [0.2, 0.25) is 0 Å². The average Bonchev–Trinajstić information content (AvgIpc) is 2.80. The molecule has 0 aromatic heterocycles. The molecule has 0 bridgehead atoms. The van der Waals surface area contributed by atoms with Crippen LogP contribution in [0.3, 0.4) is 0 Å². The minimum absolute atomic E-state index is 0.00552. The molecular weight excluding hydrogens is 388 g/mol. The Morgan fingerprint density at radius 1 is 0.935 bits per heavy atom. The number of hydrogen-bond acceptors (Lipinski definition) is 3. The lowest BCUT2D eigenvalue weighted by Gasteiger charge is -2.31. The van der Waals surface area contributed by atoms with Gasteiger partial charge in [0.1, 0.15) is 0 Å². The standard InChI is InChI=1S/C25H34N4O2/c1-4-19-12-8-9-13-22(19)27-25(31)26-20-14-15-23(29-16-10-7-11-17-29)21(18-20)24(30)28(5-2)6-3/h8-9,12-15,18H,4-7,10-11,16-17H2,1-3H3,(H2,26,27,31). The van der Waals surface area contributed by atoms with E-state index in [9.17, 15) is 9.59 Å². The smallest absolute Gasteiger partial charge is 0.323 e. The maximum absolute atomic E-state index is 13.3. The summed E-state index contributed by atoms with van der Waals surface area (Å²) in [5.41, 5.74) is 4.10. The summed E-state index contributed by atoms with van der Waals surface area (Å²) >= 11 is 0. The van der Waals surface area contributed by atoms with Crippen LogP contribution in [0.1, 0.15) is 56.0 Å². The maximum atomic E-state index is 13.3. The fraction of sp³-hybridized carbons (Fsp3) is 0.440. The van der Waals surface area contributed by atoms with E-state index in [0.717, 1.165) is 49.3 Å². The molecule has 1 aliphatic heterocycles. The fourth-order valence-electron chi connectivity index (χ4n) is 4.11. The number of para-hydroxylation sites is 1. The molecule has 31 heavy (non-hydrogen) atoms. The number of carbonyl (C=O) groups excluding carboxylic acids is 2. The summed E-state index contributed by atoms with van der Waals surface area (Å²) in [7, 11) is 0. The SMILES string of the molecule is CCc1ccccc1NC(=O)Nc1ccc(N2CCCCC2)c(C(=O)N(CC)CC)c1. The molecule has 6 heteroatoms. The minimum Gasteiger partial charge on any atom is -0.371 e. The van der Waals surface area contributed by atoms with E-state index >= 15 is 0 Å². The third-order valence-electron chi connectivity index (χ3n) is 5.88. The Kier molecular flexibility index (Phi) is 7.93. The number of anilines is 3. The van der Waals surface area contributed by atoms with Crippen LogP contribution in [0.4, 0.5) is 21.9 Å². The molecule has 0 radical (unpaired) electrons. The highest BCUT2D eigenvalue weighted by molar-refractivity contribution is 6.04. The summed E-state index contributed by atoms with van der Waals surface area (Å²) in [6, 6.07) is 13.1. The van der Waals surface area contributed by atoms with Crippen LogP contribution in [0, 0.1) is 0 Å². The van der Waals surface area contributed by atoms with Crippen molar-refractivity contribution in [1.29, 1.82) is 0 Å². The van der Waals surface area contributed by atoms with Gasteiger partial charge in [0.2, 0.25) is 0 Å². The van der Waals surface area contributed by atoms with E-state index in [1.54, 1.807) is 0 Å². The van der Waals surface area contributed by atoms with Crippen LogP contribution in [0.5, 0.6) is 0 Å². The van der Waals surface area contributed by atoms with Crippen LogP contribution in [-0.4, -0.2) is 43.0 Å². The topological polar surface area (TPSA) is 64.7 Å². The molecule has 0 spiro atoms. The highest BCUT2D eigenvalue weighted by atomic mass is 16.2. The molecule has 0 atom stereocenters. The second-order valence-corrected chi connectivity index (χ2v) is 7.85. The number of nitrogens with one attached hydrogen (secondary N) is 2. The fourth-order valence-corrected chi connectivity index (χ4v) is 4.11. The largest absolute Gasteiger partial charge is 0.371 e. The molecule has 1 saturated heterocycles. The number of rotatable bonds is 7. The summed E-state index contributed by atoms with van der Waals surface area (Å²) in [5, 5.41) is 5.83. The molecule has 0 aliphatic carbocycles. The quantitative estimate of drug-likeness (QED) is 0.631. The lowest BCUT2D eigenvalue weighted by molar-refractivity contribution is 0.0773. The van der Waals surface area contributed by atoms with Gasteiger partial charge in [-0.15, -0.1) is 0 Å². The highest BCUT2D eigenvalue weighted by Gasteiger charge is 2.22. The van der Waals surface area contributed by atoms with E-state index in [2.05, 4.69) is 22.5 Å². The number of nitrogens with zero attached hydrogens (tertiary/aromatic N) is 2.